The largest absolute Gasteiger partial charge is 2.00 e. The van der Waals surface area contributed by atoms with Crippen LogP contribution >= 0.6 is 7.14 Å². The molecule has 164 valence electrons. The van der Waals surface area contributed by atoms with E-state index in [-0.39, 0.29) is 17.1 Å². The van der Waals surface area contributed by atoms with Crippen LogP contribution < -0.4 is 15.3 Å². The maximum atomic E-state index is 14.6. The van der Waals surface area contributed by atoms with Crippen molar-refractivity contribution in [3.8, 4) is 5.75 Å². The maximum absolute atomic E-state index is 14.6. The van der Waals surface area contributed by atoms with E-state index in [1.807, 2.05) is 136 Å². The predicted molar refractivity (Wildman–Crippen MR) is 133 cm³/mol. The summed E-state index contributed by atoms with van der Waals surface area (Å²) < 4.78 is 20.2. The van der Waals surface area contributed by atoms with Crippen molar-refractivity contribution in [1.82, 2.24) is 0 Å². The van der Waals surface area contributed by atoms with Gasteiger partial charge in [-0.3, -0.25) is 0 Å². The van der Waals surface area contributed by atoms with E-state index in [0.717, 1.165) is 33.5 Å². The standard InChI is InChI=1S/C24H20O2P.C5H5.Fe/c1-26-23-17-9-8-15-21(23)22-16-10-18-24(22)27(25,19-11-4-2-5-12-19)20-13-6-3-7-14-20;1-2-4-5-3-1;/h2-18H,1H3;1-5H;/q;;+2. The monoisotopic (exact) mass is 492 g/mol. The van der Waals surface area contributed by atoms with Crippen molar-refractivity contribution < 1.29 is 26.4 Å². The molecule has 0 bridgehead atoms. The van der Waals surface area contributed by atoms with E-state index >= 15 is 0 Å². The first-order valence-corrected chi connectivity index (χ1v) is 12.2. The van der Waals surface area contributed by atoms with Gasteiger partial charge in [-0.15, -0.1) is 0 Å². The molecule has 0 heterocycles. The normalized spacial score (nSPS) is 16.5. The van der Waals surface area contributed by atoms with Gasteiger partial charge in [-0.1, -0.05) is 78.9 Å². The van der Waals surface area contributed by atoms with Crippen LogP contribution in [0, 0.1) is 62.9 Å². The Hall–Kier alpha value is -1.79. The smallest absolute Gasteiger partial charge is 0.496 e. The van der Waals surface area contributed by atoms with Gasteiger partial charge >= 0.3 is 17.1 Å². The zero-order valence-electron chi connectivity index (χ0n) is 18.3. The second-order valence-corrected chi connectivity index (χ2v) is 10.0. The summed E-state index contributed by atoms with van der Waals surface area (Å²) in [5.74, 6) is 1.72. The number of para-hydroxylation sites is 1. The minimum Gasteiger partial charge on any atom is -0.496 e. The van der Waals surface area contributed by atoms with Crippen molar-refractivity contribution in [2.45, 2.75) is 0 Å². The molecule has 0 spiro atoms. The summed E-state index contributed by atoms with van der Waals surface area (Å²) in [6, 6.07) is 27.3. The van der Waals surface area contributed by atoms with Gasteiger partial charge in [0.15, 0.2) is 7.14 Å². The fourth-order valence-corrected chi connectivity index (χ4v) is 6.67. The summed E-state index contributed by atoms with van der Waals surface area (Å²) in [6.07, 6.45) is 16.0. The minimum atomic E-state index is -3.02. The Labute approximate surface area is 210 Å². The van der Waals surface area contributed by atoms with Gasteiger partial charge in [-0.05, 0) is 57.4 Å². The van der Waals surface area contributed by atoms with Gasteiger partial charge in [0.25, 0.3) is 0 Å². The molecule has 2 aliphatic carbocycles. The Balaban J connectivity index is 0.000000453. The zero-order valence-corrected chi connectivity index (χ0v) is 20.3. The second-order valence-electron chi connectivity index (χ2n) is 7.27. The Bertz CT molecular complexity index is 967. The van der Waals surface area contributed by atoms with Crippen LogP contribution in [0.4, 0.5) is 0 Å². The van der Waals surface area contributed by atoms with E-state index < -0.39 is 7.14 Å². The van der Waals surface area contributed by atoms with Gasteiger partial charge in [-0.25, -0.2) is 0 Å². The summed E-state index contributed by atoms with van der Waals surface area (Å²) in [5.41, 5.74) is 1.79. The Morgan fingerprint density at radius 1 is 0.606 bits per heavy atom. The number of benzene rings is 3. The molecule has 3 aromatic carbocycles. The van der Waals surface area contributed by atoms with Crippen LogP contribution in [0.3, 0.4) is 0 Å². The van der Waals surface area contributed by atoms with Crippen LogP contribution in [-0.2, 0) is 21.6 Å². The van der Waals surface area contributed by atoms with Crippen LogP contribution in [-0.4, -0.2) is 7.11 Å². The van der Waals surface area contributed by atoms with Crippen molar-refractivity contribution in [1.29, 1.82) is 0 Å². The van der Waals surface area contributed by atoms with Gasteiger partial charge in [0, 0.05) is 22.1 Å². The molecule has 0 aliphatic heterocycles. The number of ether oxygens (including phenoxy) is 1. The van der Waals surface area contributed by atoms with Gasteiger partial charge in [0.2, 0.25) is 0 Å². The topological polar surface area (TPSA) is 26.3 Å². The van der Waals surface area contributed by atoms with E-state index in [9.17, 15) is 4.57 Å². The van der Waals surface area contributed by atoms with Crippen LogP contribution in [0.25, 0.3) is 0 Å². The first-order chi connectivity index (χ1) is 15.7. The van der Waals surface area contributed by atoms with Gasteiger partial charge in [0.05, 0.1) is 12.8 Å². The number of rotatable bonds is 5. The Morgan fingerprint density at radius 2 is 1.09 bits per heavy atom. The second kappa shape index (κ2) is 12.6. The number of methoxy groups -OCH3 is 1. The van der Waals surface area contributed by atoms with Crippen LogP contribution in [0.15, 0.2) is 84.9 Å². The molecule has 2 nitrogen and oxygen atoms in total. The van der Waals surface area contributed by atoms with Crippen molar-refractivity contribution >= 4 is 17.8 Å². The molecule has 5 rings (SSSR count). The molecular weight excluding hydrogens is 467 g/mol. The Kier molecular flexibility index (Phi) is 9.87. The van der Waals surface area contributed by atoms with Gasteiger partial charge < -0.3 is 9.30 Å². The fraction of sp³-hybridized carbons (Fsp3) is 0.0345. The zero-order chi connectivity index (χ0) is 22.2. The molecule has 0 N–H and O–H groups in total. The molecule has 0 atom stereocenters. The van der Waals surface area contributed by atoms with Crippen molar-refractivity contribution in [2.24, 2.45) is 0 Å². The van der Waals surface area contributed by atoms with E-state index in [2.05, 4.69) is 0 Å². The SMILES string of the molecule is COc1ccccc1[C]1[CH][CH][CH][C]1P(=O)(c1ccccc1)c1ccccc1.[CH]1[CH][CH][CH][CH]1.[Fe+2]. The molecule has 3 aromatic rings. The summed E-state index contributed by atoms with van der Waals surface area (Å²) in [4.78, 5) is 0. The van der Waals surface area contributed by atoms with Crippen molar-refractivity contribution in [3.05, 3.63) is 153 Å². The summed E-state index contributed by atoms with van der Waals surface area (Å²) in [5, 5.41) is 1.66. The molecule has 0 amide bonds. The van der Waals surface area contributed by atoms with Crippen LogP contribution in [0.1, 0.15) is 5.56 Å². The van der Waals surface area contributed by atoms with E-state index in [4.69, 9.17) is 4.74 Å². The molecule has 10 radical (unpaired) electrons. The first-order valence-electron chi connectivity index (χ1n) is 10.5. The molecule has 0 aromatic heterocycles. The van der Waals surface area contributed by atoms with Gasteiger partial charge in [-0.2, -0.15) is 0 Å². The van der Waals surface area contributed by atoms with E-state index in [1.165, 1.54) is 0 Å². The minimum absolute atomic E-state index is 0. The molecule has 0 unspecified atom stereocenters. The fourth-order valence-electron chi connectivity index (χ4n) is 3.80. The third-order valence-corrected chi connectivity index (χ3v) is 8.44. The molecular formula is C29H25FeO2P+2. The number of hydrogen-bond donors (Lipinski definition) is 0. The summed E-state index contributed by atoms with van der Waals surface area (Å²) in [7, 11) is -1.36. The third-order valence-electron chi connectivity index (χ3n) is 5.32. The Morgan fingerprint density at radius 3 is 1.61 bits per heavy atom. The first kappa shape index (κ1) is 25.8. The van der Waals surface area contributed by atoms with Crippen molar-refractivity contribution in [2.75, 3.05) is 7.11 Å². The molecule has 33 heavy (non-hydrogen) atoms. The van der Waals surface area contributed by atoms with E-state index in [1.54, 1.807) is 7.11 Å². The average molecular weight is 492 g/mol. The molecule has 2 aliphatic rings. The molecule has 0 saturated heterocycles. The summed E-state index contributed by atoms with van der Waals surface area (Å²) in [6.45, 7) is 0. The maximum Gasteiger partial charge on any atom is 2.00 e. The van der Waals surface area contributed by atoms with E-state index in [0.29, 0.717) is 0 Å². The predicted octanol–water partition coefficient (Wildman–Crippen LogP) is 5.81. The summed E-state index contributed by atoms with van der Waals surface area (Å²) >= 11 is 0. The van der Waals surface area contributed by atoms with Crippen LogP contribution in [0.2, 0.25) is 0 Å². The third kappa shape index (κ3) is 5.83. The molecule has 2 fully saturated rings. The number of hydrogen-bond acceptors (Lipinski definition) is 2. The van der Waals surface area contributed by atoms with Gasteiger partial charge in [0.1, 0.15) is 5.75 Å². The van der Waals surface area contributed by atoms with Crippen LogP contribution in [0.5, 0.6) is 5.75 Å². The molecule has 2 saturated carbocycles. The molecule has 4 heteroatoms. The van der Waals surface area contributed by atoms with Crippen molar-refractivity contribution in [3.63, 3.8) is 0 Å². The quantitative estimate of drug-likeness (QED) is 0.332. The average Bonchev–Trinajstić information content (AvgIpc) is 3.60.